The van der Waals surface area contributed by atoms with Crippen LogP contribution < -0.4 is 15.1 Å². The van der Waals surface area contributed by atoms with Gasteiger partial charge in [0.15, 0.2) is 0 Å². The highest BCUT2D eigenvalue weighted by atomic mass is 32.2. The molecule has 1 fully saturated rings. The van der Waals surface area contributed by atoms with Crippen molar-refractivity contribution in [3.63, 3.8) is 0 Å². The van der Waals surface area contributed by atoms with E-state index in [0.717, 1.165) is 5.75 Å². The molecular weight excluding hydrogens is 382 g/mol. The molecule has 28 heavy (non-hydrogen) atoms. The fourth-order valence-corrected chi connectivity index (χ4v) is 4.65. The summed E-state index contributed by atoms with van der Waals surface area (Å²) in [5.74, 6) is 1.75. The van der Waals surface area contributed by atoms with Crippen molar-refractivity contribution in [1.29, 1.82) is 0 Å². The smallest absolute Gasteiger partial charge is 0.339 e. The molecule has 1 aliphatic heterocycles. The lowest BCUT2D eigenvalue weighted by Crippen LogP contribution is -2.42. The molecule has 0 N–H and O–H groups in total. The zero-order valence-electron chi connectivity index (χ0n) is 15.9. The number of benzene rings is 1. The second-order valence-electron chi connectivity index (χ2n) is 6.77. The van der Waals surface area contributed by atoms with Gasteiger partial charge in [0.05, 0.1) is 18.4 Å². The maximum Gasteiger partial charge on any atom is 0.339 e. The van der Waals surface area contributed by atoms with Crippen molar-refractivity contribution in [2.75, 3.05) is 25.4 Å². The molecule has 0 aliphatic carbocycles. The molecule has 0 spiro atoms. The van der Waals surface area contributed by atoms with Crippen LogP contribution in [-0.4, -0.2) is 44.3 Å². The molecule has 0 unspecified atom stereocenters. The molecule has 1 saturated heterocycles. The van der Waals surface area contributed by atoms with Gasteiger partial charge >= 0.3 is 5.63 Å². The Bertz CT molecular complexity index is 917. The summed E-state index contributed by atoms with van der Waals surface area (Å²) in [6.07, 6.45) is 1.49. The van der Waals surface area contributed by atoms with Crippen molar-refractivity contribution in [3.8, 4) is 11.5 Å². The Labute approximate surface area is 164 Å². The first-order chi connectivity index (χ1) is 13.4. The van der Waals surface area contributed by atoms with Crippen LogP contribution in [0.25, 0.3) is 0 Å². The number of hydrogen-bond acceptors (Lipinski definition) is 6. The fourth-order valence-electron chi connectivity index (χ4n) is 3.14. The summed E-state index contributed by atoms with van der Waals surface area (Å²) in [7, 11) is -3.31. The molecule has 0 bridgehead atoms. The maximum absolute atomic E-state index is 12.5. The Morgan fingerprint density at radius 3 is 2.50 bits per heavy atom. The van der Waals surface area contributed by atoms with Crippen LogP contribution in [0.3, 0.4) is 0 Å². The van der Waals surface area contributed by atoms with E-state index in [1.54, 1.807) is 13.0 Å². The van der Waals surface area contributed by atoms with Crippen LogP contribution in [-0.2, 0) is 10.0 Å². The molecule has 1 aliphatic rings. The third-order valence-electron chi connectivity index (χ3n) is 4.52. The van der Waals surface area contributed by atoms with Gasteiger partial charge in [-0.1, -0.05) is 18.2 Å². The van der Waals surface area contributed by atoms with E-state index >= 15 is 0 Å². The quantitative estimate of drug-likeness (QED) is 0.625. The Morgan fingerprint density at radius 2 is 1.82 bits per heavy atom. The van der Waals surface area contributed by atoms with E-state index in [1.165, 1.54) is 10.4 Å². The Morgan fingerprint density at radius 1 is 1.11 bits per heavy atom. The highest BCUT2D eigenvalue weighted by Gasteiger charge is 2.28. The maximum atomic E-state index is 12.5. The number of nitrogens with zero attached hydrogens (tertiary/aromatic N) is 1. The summed E-state index contributed by atoms with van der Waals surface area (Å²) in [6.45, 7) is 2.86. The number of hydrogen-bond donors (Lipinski definition) is 0. The lowest BCUT2D eigenvalue weighted by Gasteiger charge is -2.31. The first-order valence-corrected chi connectivity index (χ1v) is 11.0. The lowest BCUT2D eigenvalue weighted by molar-refractivity contribution is 0.134. The van der Waals surface area contributed by atoms with E-state index in [1.807, 2.05) is 30.3 Å². The minimum Gasteiger partial charge on any atom is -0.494 e. The number of rotatable bonds is 8. The summed E-state index contributed by atoms with van der Waals surface area (Å²) in [5, 5.41) is 0. The average Bonchev–Trinajstić information content (AvgIpc) is 2.66. The predicted molar refractivity (Wildman–Crippen MR) is 105 cm³/mol. The topological polar surface area (TPSA) is 86.0 Å². The molecule has 1 aromatic heterocycles. The van der Waals surface area contributed by atoms with Crippen LogP contribution in [0.2, 0.25) is 0 Å². The van der Waals surface area contributed by atoms with Gasteiger partial charge in [0, 0.05) is 19.2 Å². The van der Waals surface area contributed by atoms with E-state index in [9.17, 15) is 13.2 Å². The van der Waals surface area contributed by atoms with Gasteiger partial charge in [-0.15, -0.1) is 0 Å². The van der Waals surface area contributed by atoms with Gasteiger partial charge in [-0.25, -0.2) is 17.5 Å². The molecule has 0 atom stereocenters. The van der Waals surface area contributed by atoms with Crippen LogP contribution >= 0.6 is 0 Å². The Hall–Kier alpha value is -2.32. The number of sulfonamides is 1. The molecule has 0 radical (unpaired) electrons. The third kappa shape index (κ3) is 5.84. The van der Waals surface area contributed by atoms with Crippen molar-refractivity contribution in [2.45, 2.75) is 32.3 Å². The van der Waals surface area contributed by atoms with Gasteiger partial charge in [0.25, 0.3) is 0 Å². The van der Waals surface area contributed by atoms with Crippen molar-refractivity contribution in [1.82, 2.24) is 4.31 Å². The molecular formula is C20H25NO6S. The summed E-state index contributed by atoms with van der Waals surface area (Å²) in [6, 6.07) is 12.3. The number of piperidine rings is 1. The molecule has 2 aromatic rings. The number of ether oxygens (including phenoxy) is 2. The van der Waals surface area contributed by atoms with Crippen molar-refractivity contribution >= 4 is 10.0 Å². The standard InChI is InChI=1S/C20H25NO6S/c1-16-14-19(15-20(22)26-16)27-18-8-10-21(11-9-18)28(23,24)13-5-12-25-17-6-3-2-4-7-17/h2-4,6-7,14-15,18H,5,8-13H2,1H3. The number of para-hydroxylation sites is 1. The SMILES string of the molecule is Cc1cc(OC2CCN(S(=O)(=O)CCCOc3ccccc3)CC2)cc(=O)o1. The Kier molecular flexibility index (Phi) is 6.74. The number of aryl methyl sites for hydroxylation is 1. The Balaban J connectivity index is 1.43. The van der Waals surface area contributed by atoms with Crippen LogP contribution in [0.4, 0.5) is 0 Å². The largest absolute Gasteiger partial charge is 0.494 e. The van der Waals surface area contributed by atoms with E-state index < -0.39 is 15.6 Å². The molecule has 152 valence electrons. The highest BCUT2D eigenvalue weighted by molar-refractivity contribution is 7.89. The zero-order valence-corrected chi connectivity index (χ0v) is 16.7. The molecule has 0 saturated carbocycles. The van der Waals surface area contributed by atoms with Gasteiger partial charge in [-0.3, -0.25) is 0 Å². The summed E-state index contributed by atoms with van der Waals surface area (Å²) in [4.78, 5) is 11.4. The van der Waals surface area contributed by atoms with Gasteiger partial charge in [0.2, 0.25) is 10.0 Å². The van der Waals surface area contributed by atoms with Gasteiger partial charge < -0.3 is 13.9 Å². The summed E-state index contributed by atoms with van der Waals surface area (Å²) < 4.78 is 42.9. The second-order valence-corrected chi connectivity index (χ2v) is 8.86. The molecule has 0 amide bonds. The first kappa shape index (κ1) is 20.4. The first-order valence-electron chi connectivity index (χ1n) is 9.36. The van der Waals surface area contributed by atoms with Crippen LogP contribution in [0, 0.1) is 6.92 Å². The molecule has 2 heterocycles. The van der Waals surface area contributed by atoms with E-state index in [-0.39, 0.29) is 11.9 Å². The third-order valence-corrected chi connectivity index (χ3v) is 6.48. The molecule has 3 rings (SSSR count). The van der Waals surface area contributed by atoms with Gasteiger partial charge in [-0.05, 0) is 38.3 Å². The fraction of sp³-hybridized carbons (Fsp3) is 0.450. The van der Waals surface area contributed by atoms with Crippen molar-refractivity contribution in [3.05, 3.63) is 58.6 Å². The summed E-state index contributed by atoms with van der Waals surface area (Å²) >= 11 is 0. The van der Waals surface area contributed by atoms with Crippen LogP contribution in [0.5, 0.6) is 11.5 Å². The van der Waals surface area contributed by atoms with Crippen LogP contribution in [0.1, 0.15) is 25.0 Å². The van der Waals surface area contributed by atoms with Crippen LogP contribution in [0.15, 0.2) is 51.7 Å². The lowest BCUT2D eigenvalue weighted by atomic mass is 10.1. The zero-order chi connectivity index (χ0) is 20.0. The van der Waals surface area contributed by atoms with Gasteiger partial charge in [0.1, 0.15) is 23.4 Å². The van der Waals surface area contributed by atoms with Crippen molar-refractivity contribution < 1.29 is 22.3 Å². The second kappa shape index (κ2) is 9.25. The monoisotopic (exact) mass is 407 g/mol. The molecule has 1 aromatic carbocycles. The minimum atomic E-state index is -3.31. The molecule has 7 nitrogen and oxygen atoms in total. The van der Waals surface area contributed by atoms with Crippen molar-refractivity contribution in [2.24, 2.45) is 0 Å². The summed E-state index contributed by atoms with van der Waals surface area (Å²) in [5.41, 5.74) is -0.451. The minimum absolute atomic E-state index is 0.0598. The normalized spacial score (nSPS) is 16.0. The molecule has 8 heteroatoms. The van der Waals surface area contributed by atoms with E-state index in [4.69, 9.17) is 13.9 Å². The van der Waals surface area contributed by atoms with Gasteiger partial charge in [-0.2, -0.15) is 0 Å². The average molecular weight is 407 g/mol. The highest BCUT2D eigenvalue weighted by Crippen LogP contribution is 2.21. The predicted octanol–water partition coefficient (Wildman–Crippen LogP) is 2.59. The van der Waals surface area contributed by atoms with E-state index in [2.05, 4.69) is 0 Å². The van der Waals surface area contributed by atoms with E-state index in [0.29, 0.717) is 50.5 Å².